The van der Waals surface area contributed by atoms with Crippen LogP contribution in [0.2, 0.25) is 0 Å². The first kappa shape index (κ1) is 14.5. The van der Waals surface area contributed by atoms with Crippen LogP contribution in [-0.2, 0) is 21.3 Å². The molecule has 0 amide bonds. The monoisotopic (exact) mass is 322 g/mol. The molecule has 0 spiro atoms. The third-order valence-electron chi connectivity index (χ3n) is 2.97. The second-order valence-electron chi connectivity index (χ2n) is 4.49. The molecule has 3 rings (SSSR count). The summed E-state index contributed by atoms with van der Waals surface area (Å²) in [5, 5.41) is 10.9. The van der Waals surface area contributed by atoms with E-state index in [2.05, 4.69) is 25.0 Å². The third-order valence-corrected chi connectivity index (χ3v) is 4.29. The van der Waals surface area contributed by atoms with Gasteiger partial charge in [0, 0.05) is 25.6 Å². The minimum atomic E-state index is -3.82. The summed E-state index contributed by atoms with van der Waals surface area (Å²) in [6.07, 6.45) is 3.22. The number of pyridine rings is 1. The molecule has 0 aliphatic heterocycles. The zero-order valence-corrected chi connectivity index (χ0v) is 12.5. The average molecular weight is 322 g/mol. The molecular formula is C12H14N6O3S. The first-order valence-electron chi connectivity index (χ1n) is 6.44. The van der Waals surface area contributed by atoms with Gasteiger partial charge < -0.3 is 4.74 Å². The van der Waals surface area contributed by atoms with E-state index in [1.165, 1.54) is 0 Å². The van der Waals surface area contributed by atoms with Gasteiger partial charge in [-0.3, -0.25) is 14.5 Å². The molecule has 10 heteroatoms. The lowest BCUT2D eigenvalue weighted by Gasteiger charge is -2.03. The van der Waals surface area contributed by atoms with Crippen LogP contribution in [0.1, 0.15) is 0 Å². The highest BCUT2D eigenvalue weighted by Crippen LogP contribution is 2.20. The number of fused-ring (bicyclic) bond motifs is 1. The van der Waals surface area contributed by atoms with Crippen LogP contribution in [0.5, 0.6) is 0 Å². The fourth-order valence-corrected chi connectivity index (χ4v) is 3.05. The Hall–Kier alpha value is -2.46. The Morgan fingerprint density at radius 2 is 2.27 bits per heavy atom. The van der Waals surface area contributed by atoms with Crippen LogP contribution in [0.25, 0.3) is 11.0 Å². The van der Waals surface area contributed by atoms with Crippen LogP contribution < -0.4 is 4.72 Å². The molecule has 0 saturated heterocycles. The Kier molecular flexibility index (Phi) is 3.77. The van der Waals surface area contributed by atoms with Crippen molar-refractivity contribution in [1.29, 1.82) is 0 Å². The summed E-state index contributed by atoms with van der Waals surface area (Å²) in [5.41, 5.74) is 0.341. The van der Waals surface area contributed by atoms with Crippen molar-refractivity contribution in [3.8, 4) is 0 Å². The van der Waals surface area contributed by atoms with E-state index in [0.29, 0.717) is 24.2 Å². The van der Waals surface area contributed by atoms with E-state index in [1.54, 1.807) is 42.4 Å². The summed E-state index contributed by atoms with van der Waals surface area (Å²) in [6, 6.07) is 4.86. The van der Waals surface area contributed by atoms with Gasteiger partial charge in [-0.25, -0.2) is 4.98 Å². The number of rotatable bonds is 6. The Bertz CT molecular complexity index is 885. The van der Waals surface area contributed by atoms with Gasteiger partial charge in [-0.05, 0) is 12.1 Å². The average Bonchev–Trinajstić information content (AvgIpc) is 3.11. The van der Waals surface area contributed by atoms with Crippen LogP contribution in [0.3, 0.4) is 0 Å². The van der Waals surface area contributed by atoms with E-state index in [0.717, 1.165) is 0 Å². The van der Waals surface area contributed by atoms with Crippen molar-refractivity contribution < 1.29 is 13.2 Å². The lowest BCUT2D eigenvalue weighted by Crippen LogP contribution is -2.15. The van der Waals surface area contributed by atoms with Gasteiger partial charge in [-0.2, -0.15) is 18.6 Å². The molecule has 0 atom stereocenters. The van der Waals surface area contributed by atoms with Gasteiger partial charge in [0.25, 0.3) is 10.0 Å². The van der Waals surface area contributed by atoms with Crippen molar-refractivity contribution in [2.45, 2.75) is 11.6 Å². The van der Waals surface area contributed by atoms with Gasteiger partial charge in [-0.1, -0.05) is 0 Å². The number of anilines is 1. The zero-order chi connectivity index (χ0) is 15.6. The molecule has 0 aliphatic carbocycles. The Morgan fingerprint density at radius 1 is 1.41 bits per heavy atom. The summed E-state index contributed by atoms with van der Waals surface area (Å²) in [6.45, 7) is 1.03. The molecule has 22 heavy (non-hydrogen) atoms. The fourth-order valence-electron chi connectivity index (χ4n) is 1.95. The third kappa shape index (κ3) is 2.78. The van der Waals surface area contributed by atoms with Crippen LogP contribution in [0, 0.1) is 0 Å². The number of nitrogens with zero attached hydrogens (tertiary/aromatic N) is 4. The van der Waals surface area contributed by atoms with E-state index in [1.807, 2.05) is 0 Å². The van der Waals surface area contributed by atoms with E-state index < -0.39 is 10.0 Å². The minimum absolute atomic E-state index is 0.0398. The van der Waals surface area contributed by atoms with E-state index >= 15 is 0 Å². The molecule has 0 aliphatic rings. The molecule has 3 aromatic heterocycles. The van der Waals surface area contributed by atoms with Gasteiger partial charge >= 0.3 is 0 Å². The number of nitrogens with one attached hydrogen (secondary N) is 2. The maximum absolute atomic E-state index is 12.4. The number of hydrogen-bond acceptors (Lipinski definition) is 6. The smallest absolute Gasteiger partial charge is 0.280 e. The minimum Gasteiger partial charge on any atom is -0.383 e. The summed E-state index contributed by atoms with van der Waals surface area (Å²) in [5.74, 6) is 0.225. The number of ether oxygens (including phenoxy) is 1. The molecule has 0 aromatic carbocycles. The predicted octanol–water partition coefficient (Wildman–Crippen LogP) is 0.602. The van der Waals surface area contributed by atoms with E-state index in [4.69, 9.17) is 4.74 Å². The number of hydrogen-bond donors (Lipinski definition) is 2. The quantitative estimate of drug-likeness (QED) is 0.687. The topological polar surface area (TPSA) is 115 Å². The lowest BCUT2D eigenvalue weighted by molar-refractivity contribution is 0.183. The zero-order valence-electron chi connectivity index (χ0n) is 11.7. The predicted molar refractivity (Wildman–Crippen MR) is 78.8 cm³/mol. The first-order valence-corrected chi connectivity index (χ1v) is 7.93. The van der Waals surface area contributed by atoms with Crippen molar-refractivity contribution >= 4 is 26.9 Å². The highest BCUT2D eigenvalue weighted by atomic mass is 32.2. The second kappa shape index (κ2) is 5.73. The maximum Gasteiger partial charge on any atom is 0.280 e. The Morgan fingerprint density at radius 3 is 3.09 bits per heavy atom. The molecule has 2 N–H and O–H groups in total. The number of sulfonamides is 1. The summed E-state index contributed by atoms with van der Waals surface area (Å²) in [4.78, 5) is 3.99. The van der Waals surface area contributed by atoms with Crippen LogP contribution in [0.4, 0.5) is 5.82 Å². The SMILES string of the molecule is COCCn1ccc(NS(=O)(=O)c2[nH]nc3ncccc23)n1. The molecule has 9 nitrogen and oxygen atoms in total. The molecule has 116 valence electrons. The molecule has 0 fully saturated rings. The van der Waals surface area contributed by atoms with Crippen molar-refractivity contribution in [1.82, 2.24) is 25.0 Å². The molecule has 3 heterocycles. The molecule has 0 bridgehead atoms. The van der Waals surface area contributed by atoms with E-state index in [-0.39, 0.29) is 10.8 Å². The fraction of sp³-hybridized carbons (Fsp3) is 0.250. The number of aromatic nitrogens is 5. The highest BCUT2D eigenvalue weighted by Gasteiger charge is 2.21. The molecule has 0 radical (unpaired) electrons. The van der Waals surface area contributed by atoms with Crippen molar-refractivity contribution in [3.63, 3.8) is 0 Å². The number of methoxy groups -OCH3 is 1. The number of H-pyrrole nitrogens is 1. The summed E-state index contributed by atoms with van der Waals surface area (Å²) in [7, 11) is -2.23. The van der Waals surface area contributed by atoms with Crippen LogP contribution in [0.15, 0.2) is 35.6 Å². The maximum atomic E-state index is 12.4. The lowest BCUT2D eigenvalue weighted by atomic mass is 10.4. The van der Waals surface area contributed by atoms with Crippen molar-refractivity contribution in [2.75, 3.05) is 18.4 Å². The van der Waals surface area contributed by atoms with Gasteiger partial charge in [0.15, 0.2) is 16.5 Å². The van der Waals surface area contributed by atoms with Crippen molar-refractivity contribution in [3.05, 3.63) is 30.6 Å². The van der Waals surface area contributed by atoms with Gasteiger partial charge in [0.2, 0.25) is 0 Å². The first-order chi connectivity index (χ1) is 10.6. The van der Waals surface area contributed by atoms with Crippen LogP contribution in [-0.4, -0.2) is 47.1 Å². The normalized spacial score (nSPS) is 11.9. The number of aromatic amines is 1. The molecule has 3 aromatic rings. The van der Waals surface area contributed by atoms with Crippen molar-refractivity contribution in [2.24, 2.45) is 0 Å². The Labute approximate surface area is 126 Å². The summed E-state index contributed by atoms with van der Waals surface area (Å²) >= 11 is 0. The second-order valence-corrected chi connectivity index (χ2v) is 6.11. The van der Waals surface area contributed by atoms with Crippen LogP contribution >= 0.6 is 0 Å². The molecule has 0 unspecified atom stereocenters. The largest absolute Gasteiger partial charge is 0.383 e. The molecular weight excluding hydrogens is 308 g/mol. The van der Waals surface area contributed by atoms with Gasteiger partial charge in [0.05, 0.1) is 18.5 Å². The van der Waals surface area contributed by atoms with Gasteiger partial charge in [0.1, 0.15) is 0 Å². The van der Waals surface area contributed by atoms with Gasteiger partial charge in [-0.15, -0.1) is 0 Å². The standard InChI is InChI=1S/C12H14N6O3S/c1-21-8-7-18-6-4-10(16-18)17-22(19,20)12-9-3-2-5-13-11(9)14-15-12/h2-6H,7-8H2,1H3,(H,16,17)(H,13,14,15). The Balaban J connectivity index is 1.86. The molecule has 0 saturated carbocycles. The van der Waals surface area contributed by atoms with E-state index in [9.17, 15) is 8.42 Å². The summed E-state index contributed by atoms with van der Waals surface area (Å²) < 4.78 is 33.8. The highest BCUT2D eigenvalue weighted by molar-refractivity contribution is 7.92.